The second-order valence-electron chi connectivity index (χ2n) is 14.0. The first-order chi connectivity index (χ1) is 22.0. The topological polar surface area (TPSA) is 50.9 Å². The van der Waals surface area contributed by atoms with Crippen LogP contribution in [-0.2, 0) is 26.5 Å². The molecule has 47 heavy (non-hydrogen) atoms. The average Bonchev–Trinajstić information content (AvgIpc) is 3.48. The summed E-state index contributed by atoms with van der Waals surface area (Å²) < 4.78 is 2.27. The SMILES string of the molecule is CC(C)c1cccc(C(C)C)c1-n1cc(-c2cccc3ccc[c-]c23)nc1-c1cc(C(C)(C)C)c2ccc3cccc(O)c3c2n1.[Pt]. The van der Waals surface area contributed by atoms with Crippen LogP contribution in [0.5, 0.6) is 5.75 Å². The maximum absolute atomic E-state index is 11.1. The number of imidazole rings is 1. The van der Waals surface area contributed by atoms with Crippen molar-refractivity contribution in [2.75, 3.05) is 0 Å². The molecule has 0 fully saturated rings. The Bertz CT molecular complexity index is 2240. The maximum atomic E-state index is 11.1. The molecule has 240 valence electrons. The summed E-state index contributed by atoms with van der Waals surface area (Å²) in [5, 5.41) is 16.1. The van der Waals surface area contributed by atoms with Crippen LogP contribution in [0.4, 0.5) is 0 Å². The number of fused-ring (bicyclic) bond motifs is 4. The van der Waals surface area contributed by atoms with Crippen molar-refractivity contribution in [2.45, 2.75) is 65.7 Å². The second kappa shape index (κ2) is 12.4. The molecular formula is C42H40N3OPt-. The minimum atomic E-state index is -0.183. The van der Waals surface area contributed by atoms with Crippen LogP contribution in [0.15, 0.2) is 97.2 Å². The van der Waals surface area contributed by atoms with Gasteiger partial charge < -0.3 is 5.11 Å². The Morgan fingerprint density at radius 1 is 0.745 bits per heavy atom. The van der Waals surface area contributed by atoms with Crippen molar-refractivity contribution in [2.24, 2.45) is 0 Å². The molecule has 0 bridgehead atoms. The van der Waals surface area contributed by atoms with Crippen molar-refractivity contribution in [3.8, 4) is 34.2 Å². The largest absolute Gasteiger partial charge is 0.507 e. The first kappa shape index (κ1) is 32.7. The van der Waals surface area contributed by atoms with Gasteiger partial charge in [-0.25, -0.2) is 9.97 Å². The Balaban J connectivity index is 0.00000386. The molecule has 0 unspecified atom stereocenters. The van der Waals surface area contributed by atoms with Gasteiger partial charge >= 0.3 is 0 Å². The Morgan fingerprint density at radius 3 is 2.11 bits per heavy atom. The maximum Gasteiger partial charge on any atom is 0.163 e. The van der Waals surface area contributed by atoms with E-state index in [0.717, 1.165) is 66.5 Å². The van der Waals surface area contributed by atoms with Crippen LogP contribution < -0.4 is 0 Å². The molecule has 0 amide bonds. The van der Waals surface area contributed by atoms with Gasteiger partial charge in [0.15, 0.2) is 5.82 Å². The van der Waals surface area contributed by atoms with E-state index in [2.05, 4.69) is 126 Å². The van der Waals surface area contributed by atoms with Gasteiger partial charge in [-0.05, 0) is 51.5 Å². The average molecular weight is 798 g/mol. The molecule has 1 N–H and O–H groups in total. The van der Waals surface area contributed by atoms with Gasteiger partial charge in [0.2, 0.25) is 0 Å². The van der Waals surface area contributed by atoms with E-state index in [-0.39, 0.29) is 32.2 Å². The molecule has 0 saturated carbocycles. The van der Waals surface area contributed by atoms with Crippen molar-refractivity contribution in [3.05, 3.63) is 120 Å². The molecule has 0 aliphatic carbocycles. The van der Waals surface area contributed by atoms with Gasteiger partial charge in [-0.3, -0.25) is 4.57 Å². The van der Waals surface area contributed by atoms with Crippen LogP contribution >= 0.6 is 0 Å². The first-order valence-corrected chi connectivity index (χ1v) is 16.2. The minimum Gasteiger partial charge on any atom is -0.507 e. The van der Waals surface area contributed by atoms with Crippen molar-refractivity contribution < 1.29 is 26.2 Å². The molecule has 0 aliphatic heterocycles. The summed E-state index contributed by atoms with van der Waals surface area (Å²) in [6.07, 6.45) is 2.18. The molecule has 0 spiro atoms. The van der Waals surface area contributed by atoms with E-state index in [4.69, 9.17) is 9.97 Å². The minimum absolute atomic E-state index is 0. The molecule has 0 atom stereocenters. The molecule has 4 nitrogen and oxygen atoms in total. The zero-order valence-electron chi connectivity index (χ0n) is 28.0. The standard InChI is InChI=1S/C42H40N3O.Pt/c1-25(2)29-17-12-18-30(26(3)4)40(29)45-24-36(32-19-10-14-27-13-8-9-16-31(27)32)44-41(45)35-23-34(42(5,6)7)33-22-21-28-15-11-20-37(46)38(28)39(33)43-35;/h8-15,17-26,46H,1-7H3;/q-1;. The summed E-state index contributed by atoms with van der Waals surface area (Å²) in [7, 11) is 0. The van der Waals surface area contributed by atoms with E-state index in [1.807, 2.05) is 24.3 Å². The smallest absolute Gasteiger partial charge is 0.163 e. The van der Waals surface area contributed by atoms with Gasteiger partial charge in [0, 0.05) is 43.7 Å². The summed E-state index contributed by atoms with van der Waals surface area (Å²) >= 11 is 0. The van der Waals surface area contributed by atoms with Gasteiger partial charge in [0.25, 0.3) is 0 Å². The molecule has 7 aromatic rings. The summed E-state index contributed by atoms with van der Waals surface area (Å²) in [5.74, 6) is 1.61. The van der Waals surface area contributed by atoms with E-state index in [0.29, 0.717) is 11.8 Å². The second-order valence-corrected chi connectivity index (χ2v) is 14.0. The predicted octanol–water partition coefficient (Wildman–Crippen LogP) is 11.1. The van der Waals surface area contributed by atoms with E-state index in [1.54, 1.807) is 6.07 Å². The van der Waals surface area contributed by atoms with E-state index in [9.17, 15) is 5.11 Å². The molecule has 0 radical (unpaired) electrons. The Hall–Kier alpha value is -4.27. The summed E-state index contributed by atoms with van der Waals surface area (Å²) in [6.45, 7) is 15.7. The third-order valence-corrected chi connectivity index (χ3v) is 9.10. The van der Waals surface area contributed by atoms with Gasteiger partial charge in [0.05, 0.1) is 11.2 Å². The van der Waals surface area contributed by atoms with Gasteiger partial charge in [-0.2, -0.15) is 0 Å². The van der Waals surface area contributed by atoms with Crippen LogP contribution in [0.25, 0.3) is 60.9 Å². The normalized spacial score (nSPS) is 12.0. The van der Waals surface area contributed by atoms with Gasteiger partial charge in [-0.1, -0.05) is 115 Å². The fourth-order valence-corrected chi connectivity index (χ4v) is 6.79. The van der Waals surface area contributed by atoms with E-state index < -0.39 is 0 Å². The summed E-state index contributed by atoms with van der Waals surface area (Å²) in [4.78, 5) is 10.8. The van der Waals surface area contributed by atoms with Crippen LogP contribution in [0, 0.1) is 6.07 Å². The Kier molecular flexibility index (Phi) is 8.61. The van der Waals surface area contributed by atoms with Crippen molar-refractivity contribution in [1.29, 1.82) is 0 Å². The van der Waals surface area contributed by atoms with Crippen molar-refractivity contribution in [1.82, 2.24) is 14.5 Å². The van der Waals surface area contributed by atoms with E-state index >= 15 is 0 Å². The number of hydrogen-bond acceptors (Lipinski definition) is 3. The van der Waals surface area contributed by atoms with Crippen LogP contribution in [-0.4, -0.2) is 19.6 Å². The third kappa shape index (κ3) is 5.68. The predicted molar refractivity (Wildman–Crippen MR) is 192 cm³/mol. The summed E-state index contributed by atoms with van der Waals surface area (Å²) in [6, 6.07) is 34.7. The quantitative estimate of drug-likeness (QED) is 0.139. The van der Waals surface area contributed by atoms with Crippen molar-refractivity contribution >= 4 is 32.4 Å². The number of pyridine rings is 1. The fourth-order valence-electron chi connectivity index (χ4n) is 6.79. The van der Waals surface area contributed by atoms with Gasteiger partial charge in [-0.15, -0.1) is 35.0 Å². The number of phenolic OH excluding ortho intramolecular Hbond substituents is 1. The van der Waals surface area contributed by atoms with Crippen molar-refractivity contribution in [3.63, 3.8) is 0 Å². The van der Waals surface area contributed by atoms with Crippen LogP contribution in [0.2, 0.25) is 0 Å². The Morgan fingerprint density at radius 2 is 1.40 bits per heavy atom. The number of benzene rings is 5. The molecule has 5 heteroatoms. The van der Waals surface area contributed by atoms with Gasteiger partial charge in [0.1, 0.15) is 11.4 Å². The number of rotatable bonds is 5. The first-order valence-electron chi connectivity index (χ1n) is 16.2. The number of hydrogen-bond donors (Lipinski definition) is 1. The van der Waals surface area contributed by atoms with Crippen LogP contribution in [0.3, 0.4) is 0 Å². The molecular weight excluding hydrogens is 758 g/mol. The van der Waals surface area contributed by atoms with E-state index in [1.165, 1.54) is 11.1 Å². The van der Waals surface area contributed by atoms with Crippen LogP contribution in [0.1, 0.15) is 77.0 Å². The Labute approximate surface area is 291 Å². The zero-order chi connectivity index (χ0) is 32.3. The molecule has 2 aromatic heterocycles. The molecule has 0 aliphatic rings. The molecule has 2 heterocycles. The number of nitrogens with zero attached hydrogens (tertiary/aromatic N) is 3. The number of aromatic nitrogens is 3. The molecule has 7 rings (SSSR count). The molecule has 5 aromatic carbocycles. The fraction of sp³-hybridized carbons (Fsp3) is 0.238. The monoisotopic (exact) mass is 797 g/mol. The number of phenols is 1. The number of aromatic hydroxyl groups is 1. The molecule has 0 saturated heterocycles. The number of para-hydroxylation sites is 1. The third-order valence-electron chi connectivity index (χ3n) is 9.10. The zero-order valence-corrected chi connectivity index (χ0v) is 30.3. The summed E-state index contributed by atoms with van der Waals surface area (Å²) in [5.41, 5.74) is 8.13.